The number of aromatic nitrogens is 1. The van der Waals surface area contributed by atoms with Crippen molar-refractivity contribution in [2.75, 3.05) is 39.0 Å². The van der Waals surface area contributed by atoms with Gasteiger partial charge in [-0.05, 0) is 20.0 Å². The van der Waals surface area contributed by atoms with Gasteiger partial charge in [0.2, 0.25) is 0 Å². The third-order valence-corrected chi connectivity index (χ3v) is 3.73. The first-order valence-electron chi connectivity index (χ1n) is 6.35. The smallest absolute Gasteiger partial charge is 0.255 e. The first kappa shape index (κ1) is 14.1. The van der Waals surface area contributed by atoms with Gasteiger partial charge in [-0.25, -0.2) is 4.98 Å². The number of hydrogen-bond acceptors (Lipinski definition) is 4. The fraction of sp³-hybridized carbons (Fsp3) is 0.538. The highest BCUT2D eigenvalue weighted by Gasteiger charge is 2.27. The highest BCUT2D eigenvalue weighted by molar-refractivity contribution is 6.33. The van der Waals surface area contributed by atoms with Crippen molar-refractivity contribution in [1.82, 2.24) is 14.8 Å². The number of carbonyl (C=O) groups excluding carboxylic acids is 1. The van der Waals surface area contributed by atoms with Crippen molar-refractivity contribution in [3.8, 4) is 0 Å². The van der Waals surface area contributed by atoms with Crippen LogP contribution in [-0.4, -0.2) is 60.5 Å². The van der Waals surface area contributed by atoms with E-state index < -0.39 is 0 Å². The maximum absolute atomic E-state index is 12.6. The minimum Gasteiger partial charge on any atom is -0.373 e. The fourth-order valence-corrected chi connectivity index (χ4v) is 2.52. The summed E-state index contributed by atoms with van der Waals surface area (Å²) in [7, 11) is 3.83. The fourth-order valence-electron chi connectivity index (χ4n) is 2.34. The molecule has 0 aromatic carbocycles. The Hall–Kier alpha value is -1.33. The predicted molar refractivity (Wildman–Crippen MR) is 76.8 cm³/mol. The Bertz CT molecular complexity index is 480. The Labute approximate surface area is 118 Å². The minimum absolute atomic E-state index is 0.0236. The lowest BCUT2D eigenvalue weighted by molar-refractivity contribution is 0.0533. The van der Waals surface area contributed by atoms with E-state index in [9.17, 15) is 4.79 Å². The summed E-state index contributed by atoms with van der Waals surface area (Å²) in [5, 5.41) is 3.32. The summed E-state index contributed by atoms with van der Waals surface area (Å²) in [5.41, 5.74) is 0.511. The van der Waals surface area contributed by atoms with E-state index in [2.05, 4.69) is 29.2 Å². The number of nitrogens with one attached hydrogen (secondary N) is 1. The van der Waals surface area contributed by atoms with Gasteiger partial charge >= 0.3 is 0 Å². The van der Waals surface area contributed by atoms with Gasteiger partial charge in [0.15, 0.2) is 0 Å². The van der Waals surface area contributed by atoms with Crippen LogP contribution in [0.5, 0.6) is 0 Å². The minimum atomic E-state index is -0.0236. The molecule has 0 spiro atoms. The zero-order chi connectivity index (χ0) is 14.0. The van der Waals surface area contributed by atoms with Crippen LogP contribution in [0.1, 0.15) is 17.3 Å². The summed E-state index contributed by atoms with van der Waals surface area (Å²) in [6.45, 7) is 4.55. The largest absolute Gasteiger partial charge is 0.373 e. The number of anilines is 1. The predicted octanol–water partition coefficient (Wildman–Crippen LogP) is 1.55. The number of hydrogen-bond donors (Lipinski definition) is 1. The Balaban J connectivity index is 2.24. The summed E-state index contributed by atoms with van der Waals surface area (Å²) in [6.07, 6.45) is 1.52. The SMILES string of the molecule is CNc1cc(C(=O)N2CCN(C)CC2C)c(Cl)cn1. The zero-order valence-electron chi connectivity index (χ0n) is 11.5. The van der Waals surface area contributed by atoms with Crippen molar-refractivity contribution in [2.24, 2.45) is 0 Å². The molecule has 0 radical (unpaired) electrons. The first-order valence-corrected chi connectivity index (χ1v) is 6.73. The van der Waals surface area contributed by atoms with E-state index >= 15 is 0 Å². The second-order valence-corrected chi connectivity index (χ2v) is 5.32. The van der Waals surface area contributed by atoms with Crippen LogP contribution < -0.4 is 5.32 Å². The van der Waals surface area contributed by atoms with E-state index in [1.165, 1.54) is 6.20 Å². The Kier molecular flexibility index (Phi) is 4.27. The van der Waals surface area contributed by atoms with Gasteiger partial charge in [0.1, 0.15) is 5.82 Å². The van der Waals surface area contributed by atoms with Crippen LogP contribution in [0.2, 0.25) is 5.02 Å². The molecular weight excluding hydrogens is 264 g/mol. The van der Waals surface area contributed by atoms with E-state index in [0.717, 1.165) is 19.6 Å². The van der Waals surface area contributed by atoms with Crippen LogP contribution in [0.15, 0.2) is 12.3 Å². The number of pyridine rings is 1. The quantitative estimate of drug-likeness (QED) is 0.894. The van der Waals surface area contributed by atoms with Gasteiger partial charge in [0.25, 0.3) is 5.91 Å². The summed E-state index contributed by atoms with van der Waals surface area (Å²) < 4.78 is 0. The number of rotatable bonds is 2. The number of carbonyl (C=O) groups is 1. The Morgan fingerprint density at radius 2 is 2.26 bits per heavy atom. The molecule has 1 aromatic heterocycles. The average molecular weight is 283 g/mol. The van der Waals surface area contributed by atoms with Crippen molar-refractivity contribution in [2.45, 2.75) is 13.0 Å². The topological polar surface area (TPSA) is 48.5 Å². The third-order valence-electron chi connectivity index (χ3n) is 3.43. The molecule has 1 aliphatic rings. The zero-order valence-corrected chi connectivity index (χ0v) is 12.2. The van der Waals surface area contributed by atoms with Crippen molar-refractivity contribution in [1.29, 1.82) is 0 Å². The van der Waals surface area contributed by atoms with Crippen molar-refractivity contribution in [3.05, 3.63) is 22.8 Å². The van der Waals surface area contributed by atoms with Crippen LogP contribution in [0.25, 0.3) is 0 Å². The maximum atomic E-state index is 12.6. The van der Waals surface area contributed by atoms with Gasteiger partial charge in [-0.15, -0.1) is 0 Å². The highest BCUT2D eigenvalue weighted by atomic mass is 35.5. The summed E-state index contributed by atoms with van der Waals surface area (Å²) >= 11 is 6.10. The molecule has 19 heavy (non-hydrogen) atoms. The Morgan fingerprint density at radius 1 is 1.53 bits per heavy atom. The molecule has 6 heteroatoms. The monoisotopic (exact) mass is 282 g/mol. The second-order valence-electron chi connectivity index (χ2n) is 4.91. The van der Waals surface area contributed by atoms with E-state index in [1.807, 2.05) is 4.90 Å². The van der Waals surface area contributed by atoms with Crippen LogP contribution >= 0.6 is 11.6 Å². The first-order chi connectivity index (χ1) is 9.02. The lowest BCUT2D eigenvalue weighted by Crippen LogP contribution is -2.52. The molecule has 1 fully saturated rings. The molecule has 5 nitrogen and oxygen atoms in total. The van der Waals surface area contributed by atoms with Crippen LogP contribution in [-0.2, 0) is 0 Å². The van der Waals surface area contributed by atoms with E-state index in [1.54, 1.807) is 13.1 Å². The molecule has 1 amide bonds. The normalized spacial score (nSPS) is 20.4. The van der Waals surface area contributed by atoms with Gasteiger partial charge in [-0.3, -0.25) is 4.79 Å². The lowest BCUT2D eigenvalue weighted by Gasteiger charge is -2.38. The van der Waals surface area contributed by atoms with E-state index in [0.29, 0.717) is 16.4 Å². The molecule has 1 unspecified atom stereocenters. The number of halogens is 1. The van der Waals surface area contributed by atoms with Gasteiger partial charge < -0.3 is 15.1 Å². The second kappa shape index (κ2) is 5.75. The van der Waals surface area contributed by atoms with Crippen LogP contribution in [0, 0.1) is 0 Å². The molecule has 1 saturated heterocycles. The van der Waals surface area contributed by atoms with Crippen LogP contribution in [0.4, 0.5) is 5.82 Å². The molecule has 0 aliphatic carbocycles. The van der Waals surface area contributed by atoms with Crippen LogP contribution in [0.3, 0.4) is 0 Å². The van der Waals surface area contributed by atoms with E-state index in [-0.39, 0.29) is 11.9 Å². The summed E-state index contributed by atoms with van der Waals surface area (Å²) in [5.74, 6) is 0.624. The standard InChI is InChI=1S/C13H19ClN4O/c1-9-8-17(3)4-5-18(9)13(19)10-6-12(15-2)16-7-11(10)14/h6-7,9H,4-5,8H2,1-3H3,(H,15,16). The average Bonchev–Trinajstić information content (AvgIpc) is 2.38. The summed E-state index contributed by atoms with van der Waals surface area (Å²) in [6, 6.07) is 1.89. The molecule has 1 aliphatic heterocycles. The van der Waals surface area contributed by atoms with Crippen molar-refractivity contribution >= 4 is 23.3 Å². The molecular formula is C13H19ClN4O. The van der Waals surface area contributed by atoms with E-state index in [4.69, 9.17) is 11.6 Å². The van der Waals surface area contributed by atoms with Gasteiger partial charge in [0, 0.05) is 38.9 Å². The van der Waals surface area contributed by atoms with Crippen molar-refractivity contribution in [3.63, 3.8) is 0 Å². The number of piperazine rings is 1. The molecule has 1 aromatic rings. The molecule has 104 valence electrons. The van der Waals surface area contributed by atoms with Gasteiger partial charge in [-0.2, -0.15) is 0 Å². The maximum Gasteiger partial charge on any atom is 0.255 e. The highest BCUT2D eigenvalue weighted by Crippen LogP contribution is 2.21. The molecule has 0 bridgehead atoms. The van der Waals surface area contributed by atoms with Crippen molar-refractivity contribution < 1.29 is 4.79 Å². The molecule has 1 atom stereocenters. The Morgan fingerprint density at radius 3 is 2.89 bits per heavy atom. The molecule has 1 N–H and O–H groups in total. The van der Waals surface area contributed by atoms with Gasteiger partial charge in [-0.1, -0.05) is 11.6 Å². The molecule has 2 heterocycles. The lowest BCUT2D eigenvalue weighted by atomic mass is 10.1. The number of likely N-dealkylation sites (N-methyl/N-ethyl adjacent to an activating group) is 1. The van der Waals surface area contributed by atoms with Gasteiger partial charge in [0.05, 0.1) is 10.6 Å². The summed E-state index contributed by atoms with van der Waals surface area (Å²) in [4.78, 5) is 20.8. The molecule has 0 saturated carbocycles. The number of amides is 1. The molecule has 2 rings (SSSR count). The number of nitrogens with zero attached hydrogens (tertiary/aromatic N) is 3. The third kappa shape index (κ3) is 2.98.